The van der Waals surface area contributed by atoms with Crippen LogP contribution in [-0.2, 0) is 5.41 Å². The predicted molar refractivity (Wildman–Crippen MR) is 106 cm³/mol. The Morgan fingerprint density at radius 1 is 0.923 bits per heavy atom. The summed E-state index contributed by atoms with van der Waals surface area (Å²) in [6.07, 6.45) is 1.02. The first-order valence-corrected chi connectivity index (χ1v) is 8.86. The third-order valence-corrected chi connectivity index (χ3v) is 5.07. The number of benzene rings is 3. The molecule has 0 atom stereocenters. The van der Waals surface area contributed by atoms with E-state index in [0.717, 1.165) is 17.2 Å². The van der Waals surface area contributed by atoms with Gasteiger partial charge >= 0.3 is 0 Å². The monoisotopic (exact) mass is 368 g/mol. The number of fused-ring (bicyclic) bond motifs is 1. The van der Waals surface area contributed by atoms with E-state index >= 15 is 0 Å². The van der Waals surface area contributed by atoms with E-state index in [4.69, 9.17) is 11.6 Å². The number of azo groups is 1. The van der Waals surface area contributed by atoms with E-state index in [1.807, 2.05) is 12.1 Å². The van der Waals surface area contributed by atoms with Gasteiger partial charge in [-0.25, -0.2) is 0 Å². The molecule has 0 heterocycles. The fourth-order valence-electron chi connectivity index (χ4n) is 2.71. The Balaban J connectivity index is 2.09. The van der Waals surface area contributed by atoms with Crippen LogP contribution in [0.4, 0.5) is 11.4 Å². The third kappa shape index (κ3) is 3.51. The molecule has 0 aliphatic carbocycles. The number of rotatable bonds is 4. The summed E-state index contributed by atoms with van der Waals surface area (Å²) < 4.78 is 0. The molecule has 0 radical (unpaired) electrons. The lowest BCUT2D eigenvalue weighted by Gasteiger charge is -2.23. The summed E-state index contributed by atoms with van der Waals surface area (Å²) in [5, 5.41) is 30.6. The second-order valence-corrected chi connectivity index (χ2v) is 7.38. The first-order valence-electron chi connectivity index (χ1n) is 8.48. The molecule has 0 aromatic heterocycles. The van der Waals surface area contributed by atoms with Gasteiger partial charge in [0.15, 0.2) is 0 Å². The minimum absolute atomic E-state index is 0.0233. The molecule has 5 heteroatoms. The van der Waals surface area contributed by atoms with E-state index < -0.39 is 0 Å². The van der Waals surface area contributed by atoms with Crippen LogP contribution in [0.2, 0.25) is 5.02 Å². The van der Waals surface area contributed by atoms with Crippen molar-refractivity contribution in [2.75, 3.05) is 0 Å². The molecule has 3 aromatic rings. The Bertz CT molecular complexity index is 997. The Morgan fingerprint density at radius 3 is 2.38 bits per heavy atom. The van der Waals surface area contributed by atoms with Crippen LogP contribution in [0.3, 0.4) is 0 Å². The number of phenols is 2. The highest BCUT2D eigenvalue weighted by atomic mass is 35.5. The largest absolute Gasteiger partial charge is 0.506 e. The molecule has 2 N–H and O–H groups in total. The van der Waals surface area contributed by atoms with Crippen LogP contribution >= 0.6 is 11.6 Å². The van der Waals surface area contributed by atoms with Gasteiger partial charge in [0.05, 0.1) is 0 Å². The molecule has 0 bridgehead atoms. The molecular formula is C21H21ClN2O2. The standard InChI is InChI=1S/C21H21ClN2O2/c1-4-21(2,3)14-6-8-16-13(11-14)5-9-19(26)20(16)24-23-17-12-15(22)7-10-18(17)25/h5-12,25-26H,4H2,1-3H3. The molecule has 3 aromatic carbocycles. The summed E-state index contributed by atoms with van der Waals surface area (Å²) in [5.41, 5.74) is 1.91. The first-order chi connectivity index (χ1) is 12.3. The lowest BCUT2D eigenvalue weighted by molar-refractivity contribution is 0.474. The van der Waals surface area contributed by atoms with Crippen molar-refractivity contribution in [3.05, 3.63) is 59.1 Å². The van der Waals surface area contributed by atoms with Crippen LogP contribution in [0.15, 0.2) is 58.8 Å². The van der Waals surface area contributed by atoms with E-state index in [2.05, 4.69) is 43.1 Å². The minimum atomic E-state index is -0.0233. The van der Waals surface area contributed by atoms with Crippen LogP contribution in [-0.4, -0.2) is 10.2 Å². The molecule has 0 saturated carbocycles. The van der Waals surface area contributed by atoms with Crippen molar-refractivity contribution in [2.24, 2.45) is 10.2 Å². The van der Waals surface area contributed by atoms with E-state index in [9.17, 15) is 10.2 Å². The number of hydrogen-bond donors (Lipinski definition) is 2. The Kier molecular flexibility index (Phi) is 4.88. The zero-order valence-corrected chi connectivity index (χ0v) is 15.7. The summed E-state index contributed by atoms with van der Waals surface area (Å²) in [7, 11) is 0. The van der Waals surface area contributed by atoms with E-state index in [1.54, 1.807) is 12.1 Å². The molecular weight excluding hydrogens is 348 g/mol. The van der Waals surface area contributed by atoms with Crippen LogP contribution in [0.25, 0.3) is 10.8 Å². The van der Waals surface area contributed by atoms with Crippen molar-refractivity contribution in [3.63, 3.8) is 0 Å². The van der Waals surface area contributed by atoms with Gasteiger partial charge in [-0.05, 0) is 47.1 Å². The van der Waals surface area contributed by atoms with Gasteiger partial charge in [0, 0.05) is 10.4 Å². The van der Waals surface area contributed by atoms with Crippen LogP contribution in [0.1, 0.15) is 32.8 Å². The first kappa shape index (κ1) is 18.2. The zero-order valence-electron chi connectivity index (χ0n) is 15.0. The predicted octanol–water partition coefficient (Wildman–Crippen LogP) is 7.01. The van der Waals surface area contributed by atoms with Gasteiger partial charge in [-0.3, -0.25) is 0 Å². The maximum Gasteiger partial charge on any atom is 0.143 e. The highest BCUT2D eigenvalue weighted by Gasteiger charge is 2.19. The van der Waals surface area contributed by atoms with Gasteiger partial charge in [-0.1, -0.05) is 56.6 Å². The molecule has 0 saturated heterocycles. The lowest BCUT2D eigenvalue weighted by atomic mass is 9.81. The Labute approximate surface area is 157 Å². The molecule has 4 nitrogen and oxygen atoms in total. The second kappa shape index (κ2) is 6.96. The van der Waals surface area contributed by atoms with Crippen LogP contribution in [0, 0.1) is 0 Å². The lowest BCUT2D eigenvalue weighted by Crippen LogP contribution is -2.15. The van der Waals surface area contributed by atoms with E-state index in [1.165, 1.54) is 17.7 Å². The van der Waals surface area contributed by atoms with Crippen molar-refractivity contribution in [2.45, 2.75) is 32.6 Å². The average Bonchev–Trinajstić information content (AvgIpc) is 2.63. The summed E-state index contributed by atoms with van der Waals surface area (Å²) in [4.78, 5) is 0. The van der Waals surface area contributed by atoms with Gasteiger partial charge in [0.1, 0.15) is 22.9 Å². The minimum Gasteiger partial charge on any atom is -0.506 e. The van der Waals surface area contributed by atoms with E-state index in [-0.39, 0.29) is 22.6 Å². The molecule has 0 amide bonds. The number of halogens is 1. The number of aromatic hydroxyl groups is 2. The SMILES string of the molecule is CCC(C)(C)c1ccc2c(N=Nc3cc(Cl)ccc3O)c(O)ccc2c1. The van der Waals surface area contributed by atoms with E-state index in [0.29, 0.717) is 10.7 Å². The highest BCUT2D eigenvalue weighted by molar-refractivity contribution is 6.30. The average molecular weight is 369 g/mol. The number of phenolic OH excluding ortho intramolecular Hbond substituents is 2. The fourth-order valence-corrected chi connectivity index (χ4v) is 2.88. The Morgan fingerprint density at radius 2 is 1.65 bits per heavy atom. The van der Waals surface area contributed by atoms with Crippen LogP contribution in [0.5, 0.6) is 11.5 Å². The molecule has 0 aliphatic rings. The molecule has 26 heavy (non-hydrogen) atoms. The van der Waals surface area contributed by atoms with Crippen molar-refractivity contribution in [1.82, 2.24) is 0 Å². The number of nitrogens with zero attached hydrogens (tertiary/aromatic N) is 2. The van der Waals surface area contributed by atoms with Crippen molar-refractivity contribution < 1.29 is 10.2 Å². The normalized spacial score (nSPS) is 12.2. The molecule has 134 valence electrons. The summed E-state index contributed by atoms with van der Waals surface area (Å²) in [6.45, 7) is 6.58. The highest BCUT2D eigenvalue weighted by Crippen LogP contribution is 2.39. The van der Waals surface area contributed by atoms with Gasteiger partial charge in [0.2, 0.25) is 0 Å². The van der Waals surface area contributed by atoms with Gasteiger partial charge in [0.25, 0.3) is 0 Å². The Hall–Kier alpha value is -2.59. The van der Waals surface area contributed by atoms with Crippen molar-refractivity contribution in [3.8, 4) is 11.5 Å². The quantitative estimate of drug-likeness (QED) is 0.486. The van der Waals surface area contributed by atoms with Crippen molar-refractivity contribution >= 4 is 33.7 Å². The smallest absolute Gasteiger partial charge is 0.143 e. The molecule has 0 fully saturated rings. The fraction of sp³-hybridized carbons (Fsp3) is 0.238. The van der Waals surface area contributed by atoms with Crippen LogP contribution < -0.4 is 0 Å². The maximum atomic E-state index is 10.2. The molecule has 0 aliphatic heterocycles. The van der Waals surface area contributed by atoms with Gasteiger partial charge in [-0.2, -0.15) is 0 Å². The van der Waals surface area contributed by atoms with Gasteiger partial charge < -0.3 is 10.2 Å². The maximum absolute atomic E-state index is 10.2. The number of hydrogen-bond acceptors (Lipinski definition) is 4. The topological polar surface area (TPSA) is 65.2 Å². The summed E-state index contributed by atoms with van der Waals surface area (Å²) >= 11 is 5.94. The summed E-state index contributed by atoms with van der Waals surface area (Å²) in [6, 6.07) is 14.2. The zero-order chi connectivity index (χ0) is 18.9. The third-order valence-electron chi connectivity index (χ3n) is 4.83. The molecule has 0 spiro atoms. The molecule has 3 rings (SSSR count). The van der Waals surface area contributed by atoms with Gasteiger partial charge in [-0.15, -0.1) is 10.2 Å². The van der Waals surface area contributed by atoms with Crippen molar-refractivity contribution in [1.29, 1.82) is 0 Å². The molecule has 0 unspecified atom stereocenters. The second-order valence-electron chi connectivity index (χ2n) is 6.94. The summed E-state index contributed by atoms with van der Waals surface area (Å²) in [5.74, 6) is 0.00938.